The minimum atomic E-state index is -0.0490. The lowest BCUT2D eigenvalue weighted by Crippen LogP contribution is -2.28. The topological polar surface area (TPSA) is 67.0 Å². The lowest BCUT2D eigenvalue weighted by atomic mass is 10.2. The second-order valence-electron chi connectivity index (χ2n) is 5.77. The summed E-state index contributed by atoms with van der Waals surface area (Å²) < 4.78 is 4.94. The molecule has 0 bridgehead atoms. The van der Waals surface area contributed by atoms with Crippen molar-refractivity contribution >= 4 is 29.3 Å². The predicted molar refractivity (Wildman–Crippen MR) is 110 cm³/mol. The molecule has 3 aromatic rings. The third-order valence-corrected chi connectivity index (χ3v) is 5.05. The molecule has 0 aliphatic heterocycles. The molecule has 1 amide bonds. The molecule has 2 N–H and O–H groups in total. The third kappa shape index (κ3) is 5.35. The highest BCUT2D eigenvalue weighted by Gasteiger charge is 2.15. The van der Waals surface area contributed by atoms with E-state index in [1.807, 2.05) is 54.6 Å². The van der Waals surface area contributed by atoms with Crippen molar-refractivity contribution in [2.45, 2.75) is 5.03 Å². The molecule has 140 valence electrons. The van der Waals surface area contributed by atoms with Crippen LogP contribution in [-0.2, 0) is 9.53 Å². The van der Waals surface area contributed by atoms with Crippen molar-refractivity contribution in [3.63, 3.8) is 0 Å². The van der Waals surface area contributed by atoms with Gasteiger partial charge in [0.1, 0.15) is 10.9 Å². The van der Waals surface area contributed by atoms with Crippen molar-refractivity contribution in [2.24, 2.45) is 0 Å². The number of nitrogens with zero attached hydrogens (tertiary/aromatic N) is 1. The van der Waals surface area contributed by atoms with Crippen LogP contribution < -0.4 is 5.32 Å². The number of thioether (sulfide) groups is 1. The first-order valence-electron chi connectivity index (χ1n) is 8.47. The number of carbonyl (C=O) groups excluding carboxylic acids is 1. The molecule has 0 radical (unpaired) electrons. The highest BCUT2D eigenvalue weighted by molar-refractivity contribution is 8.00. The SMILES string of the molecule is COCCNC(=O)CSc1nc(-c2ccc(Cl)cc2)[nH]c1-c1ccccc1. The molecule has 0 fully saturated rings. The fraction of sp³-hybridized carbons (Fsp3) is 0.200. The van der Waals surface area contributed by atoms with Crippen molar-refractivity contribution in [1.82, 2.24) is 15.3 Å². The van der Waals surface area contributed by atoms with E-state index in [1.165, 1.54) is 11.8 Å². The monoisotopic (exact) mass is 401 g/mol. The number of aromatic amines is 1. The highest BCUT2D eigenvalue weighted by atomic mass is 35.5. The van der Waals surface area contributed by atoms with Gasteiger partial charge in [-0.15, -0.1) is 0 Å². The second kappa shape index (κ2) is 9.60. The maximum Gasteiger partial charge on any atom is 0.230 e. The number of imidazole rings is 1. The number of rotatable bonds is 8. The van der Waals surface area contributed by atoms with Gasteiger partial charge in [0.25, 0.3) is 0 Å². The summed E-state index contributed by atoms with van der Waals surface area (Å²) in [7, 11) is 1.61. The van der Waals surface area contributed by atoms with Crippen LogP contribution in [0.2, 0.25) is 5.02 Å². The predicted octanol–water partition coefficient (Wildman–Crippen LogP) is 4.25. The summed E-state index contributed by atoms with van der Waals surface area (Å²) in [5.74, 6) is 0.981. The summed E-state index contributed by atoms with van der Waals surface area (Å²) in [6, 6.07) is 17.5. The molecule has 27 heavy (non-hydrogen) atoms. The van der Waals surface area contributed by atoms with Gasteiger partial charge in [-0.25, -0.2) is 4.98 Å². The van der Waals surface area contributed by atoms with Gasteiger partial charge in [-0.05, 0) is 24.3 Å². The van der Waals surface area contributed by atoms with E-state index in [0.29, 0.717) is 18.2 Å². The number of benzene rings is 2. The van der Waals surface area contributed by atoms with Gasteiger partial charge in [-0.3, -0.25) is 4.79 Å². The lowest BCUT2D eigenvalue weighted by Gasteiger charge is -2.04. The maximum atomic E-state index is 12.0. The standard InChI is InChI=1S/C20H20ClN3O2S/c1-26-12-11-22-17(25)13-27-20-18(14-5-3-2-4-6-14)23-19(24-20)15-7-9-16(21)10-8-15/h2-10H,11-13H2,1H3,(H,22,25)(H,23,24). The largest absolute Gasteiger partial charge is 0.383 e. The Balaban J connectivity index is 1.82. The molecule has 3 rings (SSSR count). The number of halogens is 1. The van der Waals surface area contributed by atoms with Crippen LogP contribution in [0, 0.1) is 0 Å². The second-order valence-corrected chi connectivity index (χ2v) is 7.17. The molecular weight excluding hydrogens is 382 g/mol. The van der Waals surface area contributed by atoms with Gasteiger partial charge in [0, 0.05) is 29.8 Å². The lowest BCUT2D eigenvalue weighted by molar-refractivity contribution is -0.118. The van der Waals surface area contributed by atoms with Crippen LogP contribution in [0.5, 0.6) is 0 Å². The molecule has 1 aromatic heterocycles. The van der Waals surface area contributed by atoms with E-state index >= 15 is 0 Å². The highest BCUT2D eigenvalue weighted by Crippen LogP contribution is 2.32. The van der Waals surface area contributed by atoms with Crippen LogP contribution in [0.25, 0.3) is 22.6 Å². The van der Waals surface area contributed by atoms with Gasteiger partial charge >= 0.3 is 0 Å². The Morgan fingerprint density at radius 1 is 1.15 bits per heavy atom. The Morgan fingerprint density at radius 2 is 1.89 bits per heavy atom. The Labute approximate surface area is 167 Å². The van der Waals surface area contributed by atoms with Crippen molar-refractivity contribution in [1.29, 1.82) is 0 Å². The van der Waals surface area contributed by atoms with Crippen molar-refractivity contribution in [3.05, 3.63) is 59.6 Å². The first kappa shape index (κ1) is 19.5. The van der Waals surface area contributed by atoms with Gasteiger partial charge in [0.2, 0.25) is 5.91 Å². The smallest absolute Gasteiger partial charge is 0.230 e. The van der Waals surface area contributed by atoms with E-state index < -0.39 is 0 Å². The van der Waals surface area contributed by atoms with Crippen molar-refractivity contribution in [3.8, 4) is 22.6 Å². The van der Waals surface area contributed by atoms with E-state index in [1.54, 1.807) is 7.11 Å². The first-order valence-corrected chi connectivity index (χ1v) is 9.83. The summed E-state index contributed by atoms with van der Waals surface area (Å²) in [5, 5.41) is 4.28. The number of nitrogens with one attached hydrogen (secondary N) is 2. The number of carbonyl (C=O) groups is 1. The van der Waals surface area contributed by atoms with Crippen LogP contribution >= 0.6 is 23.4 Å². The van der Waals surface area contributed by atoms with Crippen molar-refractivity contribution < 1.29 is 9.53 Å². The molecule has 7 heteroatoms. The molecule has 0 unspecified atom stereocenters. The number of hydrogen-bond acceptors (Lipinski definition) is 4. The average Bonchev–Trinajstić information content (AvgIpc) is 3.12. The molecule has 1 heterocycles. The zero-order valence-corrected chi connectivity index (χ0v) is 16.4. The molecule has 2 aromatic carbocycles. The van der Waals surface area contributed by atoms with Gasteiger partial charge in [-0.2, -0.15) is 0 Å². The van der Waals surface area contributed by atoms with Gasteiger partial charge in [0.05, 0.1) is 18.1 Å². The van der Waals surface area contributed by atoms with E-state index in [9.17, 15) is 4.79 Å². The molecule has 0 aliphatic rings. The summed E-state index contributed by atoms with van der Waals surface area (Å²) in [4.78, 5) is 20.1. The van der Waals surface area contributed by atoms with Gasteiger partial charge in [-0.1, -0.05) is 53.7 Å². The Hall–Kier alpha value is -2.28. The van der Waals surface area contributed by atoms with Crippen LogP contribution in [0.4, 0.5) is 0 Å². The van der Waals surface area contributed by atoms with Gasteiger partial charge < -0.3 is 15.0 Å². The molecule has 0 atom stereocenters. The Morgan fingerprint density at radius 3 is 2.59 bits per heavy atom. The number of methoxy groups -OCH3 is 1. The zero-order chi connectivity index (χ0) is 19.1. The summed E-state index contributed by atoms with van der Waals surface area (Å²) in [5.41, 5.74) is 2.86. The van der Waals surface area contributed by atoms with Crippen molar-refractivity contribution in [2.75, 3.05) is 26.0 Å². The Bertz CT molecular complexity index is 882. The first-order chi connectivity index (χ1) is 13.2. The minimum Gasteiger partial charge on any atom is -0.383 e. The van der Waals surface area contributed by atoms with Crippen LogP contribution in [-0.4, -0.2) is 41.9 Å². The molecule has 0 aliphatic carbocycles. The van der Waals surface area contributed by atoms with Crippen LogP contribution in [0.3, 0.4) is 0 Å². The summed E-state index contributed by atoms with van der Waals surface area (Å²) in [6.45, 7) is 0.993. The minimum absolute atomic E-state index is 0.0490. The Kier molecular flexibility index (Phi) is 6.92. The molecule has 0 saturated heterocycles. The molecular formula is C20H20ClN3O2S. The number of H-pyrrole nitrogens is 1. The van der Waals surface area contributed by atoms with Crippen LogP contribution in [0.15, 0.2) is 59.6 Å². The molecule has 0 spiro atoms. The van der Waals surface area contributed by atoms with Gasteiger partial charge in [0.15, 0.2) is 0 Å². The number of amides is 1. The van der Waals surface area contributed by atoms with Crippen LogP contribution in [0.1, 0.15) is 0 Å². The summed E-state index contributed by atoms with van der Waals surface area (Å²) >= 11 is 7.39. The van der Waals surface area contributed by atoms with E-state index in [-0.39, 0.29) is 11.7 Å². The fourth-order valence-electron chi connectivity index (χ4n) is 2.48. The number of hydrogen-bond donors (Lipinski definition) is 2. The third-order valence-electron chi connectivity index (χ3n) is 3.82. The van der Waals surface area contributed by atoms with E-state index in [0.717, 1.165) is 27.7 Å². The summed E-state index contributed by atoms with van der Waals surface area (Å²) in [6.07, 6.45) is 0. The normalized spacial score (nSPS) is 10.7. The zero-order valence-electron chi connectivity index (χ0n) is 14.9. The quantitative estimate of drug-likeness (QED) is 0.437. The maximum absolute atomic E-state index is 12.0. The van der Waals surface area contributed by atoms with E-state index in [2.05, 4.69) is 10.3 Å². The average molecular weight is 402 g/mol. The van der Waals surface area contributed by atoms with E-state index in [4.69, 9.17) is 21.3 Å². The number of ether oxygens (including phenoxy) is 1. The molecule has 0 saturated carbocycles. The molecule has 5 nitrogen and oxygen atoms in total. The fourth-order valence-corrected chi connectivity index (χ4v) is 3.45. The number of aromatic nitrogens is 2.